The van der Waals surface area contributed by atoms with Gasteiger partial charge in [0, 0.05) is 10.9 Å². The molecule has 0 fully saturated rings. The molecule has 0 aliphatic rings. The SMILES string of the molecule is O=[C]CC(=O)c1ccsc1. The molecule has 0 bridgehead atoms. The maximum atomic E-state index is 10.8. The van der Waals surface area contributed by atoms with Crippen LogP contribution in [-0.2, 0) is 4.79 Å². The first kappa shape index (κ1) is 7.15. The summed E-state index contributed by atoms with van der Waals surface area (Å²) >= 11 is 1.44. The number of ketones is 1. The molecule has 0 N–H and O–H groups in total. The third-order valence-corrected chi connectivity index (χ3v) is 1.76. The van der Waals surface area contributed by atoms with Crippen molar-refractivity contribution in [2.45, 2.75) is 6.42 Å². The van der Waals surface area contributed by atoms with Gasteiger partial charge in [0.25, 0.3) is 0 Å². The highest BCUT2D eigenvalue weighted by molar-refractivity contribution is 7.08. The van der Waals surface area contributed by atoms with E-state index in [1.54, 1.807) is 23.1 Å². The monoisotopic (exact) mass is 153 g/mol. The molecular formula is C7H5O2S. The van der Waals surface area contributed by atoms with E-state index in [2.05, 4.69) is 0 Å². The number of thiophene rings is 1. The first-order chi connectivity index (χ1) is 4.84. The second kappa shape index (κ2) is 3.27. The molecular weight excluding hydrogens is 148 g/mol. The highest BCUT2D eigenvalue weighted by atomic mass is 32.1. The van der Waals surface area contributed by atoms with Crippen LogP contribution in [0.15, 0.2) is 16.8 Å². The minimum Gasteiger partial charge on any atom is -0.294 e. The number of rotatable bonds is 3. The van der Waals surface area contributed by atoms with E-state index in [9.17, 15) is 9.59 Å². The zero-order chi connectivity index (χ0) is 7.40. The van der Waals surface area contributed by atoms with E-state index >= 15 is 0 Å². The van der Waals surface area contributed by atoms with Gasteiger partial charge in [0.1, 0.15) is 0 Å². The van der Waals surface area contributed by atoms with Gasteiger partial charge < -0.3 is 0 Å². The zero-order valence-electron chi connectivity index (χ0n) is 5.16. The lowest BCUT2D eigenvalue weighted by Gasteiger charge is -1.85. The Labute approximate surface area is 62.5 Å². The number of Topliss-reactive ketones (excluding diaryl/α,β-unsaturated/α-hetero) is 1. The summed E-state index contributed by atoms with van der Waals surface area (Å²) in [6.45, 7) is 0. The van der Waals surface area contributed by atoms with Gasteiger partial charge in [-0.15, -0.1) is 0 Å². The normalized spacial score (nSPS) is 9.20. The van der Waals surface area contributed by atoms with Crippen LogP contribution in [0.2, 0.25) is 0 Å². The topological polar surface area (TPSA) is 34.1 Å². The Morgan fingerprint density at radius 1 is 1.70 bits per heavy atom. The van der Waals surface area contributed by atoms with Crippen molar-refractivity contribution in [1.29, 1.82) is 0 Å². The Morgan fingerprint density at radius 3 is 3.00 bits per heavy atom. The van der Waals surface area contributed by atoms with Crippen LogP contribution in [0.5, 0.6) is 0 Å². The van der Waals surface area contributed by atoms with E-state index in [-0.39, 0.29) is 12.2 Å². The maximum Gasteiger partial charge on any atom is 0.206 e. The predicted octanol–water partition coefficient (Wildman–Crippen LogP) is 1.43. The molecule has 1 aromatic rings. The largest absolute Gasteiger partial charge is 0.294 e. The highest BCUT2D eigenvalue weighted by Gasteiger charge is 2.03. The van der Waals surface area contributed by atoms with Gasteiger partial charge in [-0.05, 0) is 11.4 Å². The third-order valence-electron chi connectivity index (χ3n) is 1.08. The van der Waals surface area contributed by atoms with Crippen LogP contribution in [0, 0.1) is 0 Å². The minimum atomic E-state index is -0.156. The van der Waals surface area contributed by atoms with Gasteiger partial charge in [-0.25, -0.2) is 0 Å². The lowest BCUT2D eigenvalue weighted by atomic mass is 10.2. The second-order valence-corrected chi connectivity index (χ2v) is 2.54. The average Bonchev–Trinajstić information content (AvgIpc) is 2.38. The van der Waals surface area contributed by atoms with Crippen LogP contribution in [0.3, 0.4) is 0 Å². The maximum absolute atomic E-state index is 10.8. The molecule has 0 aliphatic carbocycles. The van der Waals surface area contributed by atoms with E-state index in [0.717, 1.165) is 0 Å². The van der Waals surface area contributed by atoms with Gasteiger partial charge in [0.15, 0.2) is 5.78 Å². The van der Waals surface area contributed by atoms with Crippen LogP contribution < -0.4 is 0 Å². The molecule has 0 unspecified atom stereocenters. The molecule has 0 saturated carbocycles. The fraction of sp³-hybridized carbons (Fsp3) is 0.143. The van der Waals surface area contributed by atoms with E-state index in [4.69, 9.17) is 0 Å². The zero-order valence-corrected chi connectivity index (χ0v) is 5.98. The van der Waals surface area contributed by atoms with Crippen molar-refractivity contribution in [3.8, 4) is 0 Å². The average molecular weight is 153 g/mol. The number of hydrogen-bond acceptors (Lipinski definition) is 3. The summed E-state index contributed by atoms with van der Waals surface area (Å²) in [5.41, 5.74) is 0.605. The summed E-state index contributed by atoms with van der Waals surface area (Å²) in [6, 6.07) is 1.70. The molecule has 0 aliphatic heterocycles. The summed E-state index contributed by atoms with van der Waals surface area (Å²) in [5, 5.41) is 3.53. The number of hydrogen-bond donors (Lipinski definition) is 0. The smallest absolute Gasteiger partial charge is 0.206 e. The van der Waals surface area contributed by atoms with E-state index in [0.29, 0.717) is 5.56 Å². The van der Waals surface area contributed by atoms with Gasteiger partial charge >= 0.3 is 0 Å². The molecule has 0 spiro atoms. The van der Waals surface area contributed by atoms with E-state index in [1.165, 1.54) is 11.3 Å². The second-order valence-electron chi connectivity index (χ2n) is 1.76. The van der Waals surface area contributed by atoms with Crippen molar-refractivity contribution in [1.82, 2.24) is 0 Å². The lowest BCUT2D eigenvalue weighted by Crippen LogP contribution is -1.96. The predicted molar refractivity (Wildman–Crippen MR) is 39.0 cm³/mol. The summed E-state index contributed by atoms with van der Waals surface area (Å²) < 4.78 is 0. The van der Waals surface area contributed by atoms with Gasteiger partial charge in [-0.1, -0.05) is 0 Å². The molecule has 10 heavy (non-hydrogen) atoms. The van der Waals surface area contributed by atoms with Crippen LogP contribution in [0.1, 0.15) is 16.8 Å². The minimum absolute atomic E-state index is 0.128. The Hall–Kier alpha value is -0.960. The Morgan fingerprint density at radius 2 is 2.50 bits per heavy atom. The first-order valence-electron chi connectivity index (χ1n) is 2.75. The standard InChI is InChI=1S/C7H5O2S/c8-3-1-7(9)6-2-4-10-5-6/h2,4-5H,1H2. The van der Waals surface area contributed by atoms with Crippen LogP contribution in [0.4, 0.5) is 0 Å². The Bertz CT molecular complexity index is 226. The van der Waals surface area contributed by atoms with Crippen LogP contribution in [-0.4, -0.2) is 12.1 Å². The summed E-state index contributed by atoms with van der Waals surface area (Å²) in [6.07, 6.45) is 1.43. The van der Waals surface area contributed by atoms with Crippen molar-refractivity contribution < 1.29 is 9.59 Å². The summed E-state index contributed by atoms with van der Waals surface area (Å²) in [4.78, 5) is 20.6. The van der Waals surface area contributed by atoms with Crippen molar-refractivity contribution in [3.05, 3.63) is 22.4 Å². The van der Waals surface area contributed by atoms with E-state index in [1.807, 2.05) is 0 Å². The molecule has 1 aromatic heterocycles. The molecule has 0 amide bonds. The molecule has 0 saturated heterocycles. The van der Waals surface area contributed by atoms with Gasteiger partial charge in [0.2, 0.25) is 6.29 Å². The van der Waals surface area contributed by atoms with Gasteiger partial charge in [-0.2, -0.15) is 11.3 Å². The Balaban J connectivity index is 2.68. The van der Waals surface area contributed by atoms with Gasteiger partial charge in [0.05, 0.1) is 6.42 Å². The molecule has 0 atom stereocenters. The Kier molecular flexibility index (Phi) is 2.34. The molecule has 2 nitrogen and oxygen atoms in total. The van der Waals surface area contributed by atoms with Gasteiger partial charge in [-0.3, -0.25) is 9.59 Å². The summed E-state index contributed by atoms with van der Waals surface area (Å²) in [7, 11) is 0. The highest BCUT2D eigenvalue weighted by Crippen LogP contribution is 2.07. The molecule has 0 aromatic carbocycles. The summed E-state index contributed by atoms with van der Waals surface area (Å²) in [5.74, 6) is -0.156. The van der Waals surface area contributed by atoms with Crippen LogP contribution >= 0.6 is 11.3 Å². The lowest BCUT2D eigenvalue weighted by molar-refractivity contribution is 0.100. The van der Waals surface area contributed by atoms with Crippen molar-refractivity contribution in [2.75, 3.05) is 0 Å². The number of carbonyl (C=O) groups is 1. The molecule has 1 rings (SSSR count). The molecule has 51 valence electrons. The molecule has 3 heteroatoms. The third kappa shape index (κ3) is 1.51. The fourth-order valence-electron chi connectivity index (χ4n) is 0.591. The van der Waals surface area contributed by atoms with E-state index < -0.39 is 0 Å². The van der Waals surface area contributed by atoms with Crippen molar-refractivity contribution in [2.24, 2.45) is 0 Å². The molecule has 1 heterocycles. The van der Waals surface area contributed by atoms with Crippen molar-refractivity contribution >= 4 is 23.4 Å². The fourth-order valence-corrected chi connectivity index (χ4v) is 1.25. The first-order valence-corrected chi connectivity index (χ1v) is 3.69. The van der Waals surface area contributed by atoms with Crippen LogP contribution in [0.25, 0.3) is 0 Å². The van der Waals surface area contributed by atoms with Crippen molar-refractivity contribution in [3.63, 3.8) is 0 Å². The quantitative estimate of drug-likeness (QED) is 0.486. The molecule has 1 radical (unpaired) electrons. The number of carbonyl (C=O) groups excluding carboxylic acids is 2.